The summed E-state index contributed by atoms with van der Waals surface area (Å²) < 4.78 is 11.1. The molecule has 0 unspecified atom stereocenters. The van der Waals surface area contributed by atoms with Crippen LogP contribution >= 0.6 is 23.1 Å². The van der Waals surface area contributed by atoms with Gasteiger partial charge < -0.3 is 15.2 Å². The molecule has 0 radical (unpaired) electrons. The highest BCUT2D eigenvalue weighted by Gasteiger charge is 2.30. The van der Waals surface area contributed by atoms with Gasteiger partial charge in [-0.2, -0.15) is 0 Å². The fraction of sp³-hybridized carbons (Fsp3) is 0.611. The maximum absolute atomic E-state index is 11.8. The Hall–Kier alpha value is -1.38. The molecule has 0 aliphatic carbocycles. The van der Waals surface area contributed by atoms with E-state index in [4.69, 9.17) is 15.2 Å². The third kappa shape index (κ3) is 4.47. The molecule has 3 heterocycles. The van der Waals surface area contributed by atoms with Crippen LogP contribution in [0.1, 0.15) is 50.5 Å². The molecule has 1 aliphatic rings. The van der Waals surface area contributed by atoms with Gasteiger partial charge >= 0.3 is 5.97 Å². The van der Waals surface area contributed by atoms with Crippen LogP contribution in [0.3, 0.4) is 0 Å². The smallest absolute Gasteiger partial charge is 0.316 e. The van der Waals surface area contributed by atoms with Crippen LogP contribution in [-0.2, 0) is 27.3 Å². The molecule has 0 aromatic carbocycles. The first-order valence-electron chi connectivity index (χ1n) is 8.90. The zero-order valence-corrected chi connectivity index (χ0v) is 17.1. The van der Waals surface area contributed by atoms with E-state index >= 15 is 0 Å². The number of unbranched alkanes of at least 4 members (excludes halogenated alkanes) is 2. The number of fused-ring (bicyclic) bond motifs is 3. The van der Waals surface area contributed by atoms with E-state index in [0.29, 0.717) is 24.2 Å². The van der Waals surface area contributed by atoms with Gasteiger partial charge in [0.15, 0.2) is 5.16 Å². The van der Waals surface area contributed by atoms with Crippen molar-refractivity contribution in [3.8, 4) is 0 Å². The van der Waals surface area contributed by atoms with Crippen molar-refractivity contribution >= 4 is 45.1 Å². The summed E-state index contributed by atoms with van der Waals surface area (Å²) in [7, 11) is 0. The number of nitrogens with zero attached hydrogens (tertiary/aromatic N) is 2. The Kier molecular flexibility index (Phi) is 6.04. The molecule has 0 fully saturated rings. The molecule has 142 valence electrons. The number of nitrogens with two attached hydrogens (primary N) is 1. The molecule has 2 N–H and O–H groups in total. The molecule has 0 amide bonds. The van der Waals surface area contributed by atoms with Gasteiger partial charge in [0, 0.05) is 11.3 Å². The van der Waals surface area contributed by atoms with Gasteiger partial charge in [-0.25, -0.2) is 9.97 Å². The molecule has 0 saturated carbocycles. The van der Waals surface area contributed by atoms with Gasteiger partial charge in [-0.1, -0.05) is 31.5 Å². The van der Waals surface area contributed by atoms with Crippen LogP contribution in [0.5, 0.6) is 0 Å². The number of nitrogen functional groups attached to an aromatic ring is 1. The minimum absolute atomic E-state index is 0.193. The van der Waals surface area contributed by atoms with E-state index < -0.39 is 0 Å². The van der Waals surface area contributed by atoms with E-state index in [1.807, 2.05) is 0 Å². The lowest BCUT2D eigenvalue weighted by molar-refractivity contribution is -0.140. The number of hydrogen-bond donors (Lipinski definition) is 1. The van der Waals surface area contributed by atoms with Crippen molar-refractivity contribution in [2.75, 3.05) is 18.1 Å². The number of hydrogen-bond acceptors (Lipinski definition) is 8. The quantitative estimate of drug-likeness (QED) is 0.329. The molecule has 3 rings (SSSR count). The lowest BCUT2D eigenvalue weighted by Gasteiger charge is -2.30. The molecule has 2 aromatic heterocycles. The van der Waals surface area contributed by atoms with Gasteiger partial charge in [-0.15, -0.1) is 11.3 Å². The van der Waals surface area contributed by atoms with E-state index in [2.05, 4.69) is 30.7 Å². The number of carbonyl (C=O) groups excluding carboxylic acids is 1. The third-order valence-electron chi connectivity index (χ3n) is 4.27. The number of ether oxygens (including phenoxy) is 2. The lowest BCUT2D eigenvalue weighted by atomic mass is 9.94. The summed E-state index contributed by atoms with van der Waals surface area (Å²) in [5.74, 6) is 0.427. The largest absolute Gasteiger partial charge is 0.465 e. The summed E-state index contributed by atoms with van der Waals surface area (Å²) >= 11 is 2.86. The molecule has 0 bridgehead atoms. The van der Waals surface area contributed by atoms with Crippen LogP contribution in [0.4, 0.5) is 5.82 Å². The number of thiophene rings is 1. The standard InChI is InChI=1S/C18H25N3O3S2/c1-4-5-6-7-23-13(22)10-25-17-20-15(19)14-11-8-18(2,3)24-9-12(11)26-16(14)21-17/h4-10H2,1-3H3,(H2,19,20,21). The topological polar surface area (TPSA) is 87.3 Å². The highest BCUT2D eigenvalue weighted by molar-refractivity contribution is 7.99. The van der Waals surface area contributed by atoms with Crippen molar-refractivity contribution in [3.05, 3.63) is 10.4 Å². The van der Waals surface area contributed by atoms with Crippen LogP contribution in [0.15, 0.2) is 5.16 Å². The maximum atomic E-state index is 11.8. The van der Waals surface area contributed by atoms with Crippen molar-refractivity contribution in [3.63, 3.8) is 0 Å². The highest BCUT2D eigenvalue weighted by atomic mass is 32.2. The van der Waals surface area contributed by atoms with Crippen molar-refractivity contribution in [1.82, 2.24) is 9.97 Å². The van der Waals surface area contributed by atoms with E-state index in [-0.39, 0.29) is 17.3 Å². The van der Waals surface area contributed by atoms with Gasteiger partial charge in [-0.3, -0.25) is 4.79 Å². The van der Waals surface area contributed by atoms with Crippen LogP contribution in [0, 0.1) is 0 Å². The SMILES string of the molecule is CCCCCOC(=O)CSc1nc(N)c2c3c(sc2n1)COC(C)(C)C3. The predicted octanol–water partition coefficient (Wildman–Crippen LogP) is 3.95. The average Bonchev–Trinajstić information content (AvgIpc) is 2.93. The van der Waals surface area contributed by atoms with Gasteiger partial charge in [0.05, 0.1) is 30.0 Å². The summed E-state index contributed by atoms with van der Waals surface area (Å²) in [5, 5.41) is 1.45. The first-order valence-corrected chi connectivity index (χ1v) is 10.7. The van der Waals surface area contributed by atoms with E-state index in [9.17, 15) is 4.79 Å². The first-order chi connectivity index (χ1) is 12.4. The Balaban J connectivity index is 1.69. The van der Waals surface area contributed by atoms with Crippen LogP contribution in [0.2, 0.25) is 0 Å². The van der Waals surface area contributed by atoms with Gasteiger partial charge in [0.2, 0.25) is 0 Å². The normalized spacial score (nSPS) is 15.8. The molecule has 8 heteroatoms. The van der Waals surface area contributed by atoms with Crippen molar-refractivity contribution in [2.24, 2.45) is 0 Å². The number of esters is 1. The number of aromatic nitrogens is 2. The monoisotopic (exact) mass is 395 g/mol. The van der Waals surface area contributed by atoms with Crippen LogP contribution in [0.25, 0.3) is 10.2 Å². The fourth-order valence-electron chi connectivity index (χ4n) is 2.92. The number of anilines is 1. The van der Waals surface area contributed by atoms with Gasteiger partial charge in [0.25, 0.3) is 0 Å². The van der Waals surface area contributed by atoms with Crippen LogP contribution < -0.4 is 5.73 Å². The third-order valence-corrected chi connectivity index (χ3v) is 6.19. The molecule has 0 spiro atoms. The second-order valence-corrected chi connectivity index (χ2v) is 9.04. The first kappa shape index (κ1) is 19.4. The molecular weight excluding hydrogens is 370 g/mol. The zero-order valence-electron chi connectivity index (χ0n) is 15.5. The second kappa shape index (κ2) is 8.10. The molecule has 2 aromatic rings. The van der Waals surface area contributed by atoms with Gasteiger partial charge in [0.1, 0.15) is 10.6 Å². The second-order valence-electron chi connectivity index (χ2n) is 7.02. The summed E-state index contributed by atoms with van der Waals surface area (Å²) in [6, 6.07) is 0. The maximum Gasteiger partial charge on any atom is 0.316 e. The fourth-order valence-corrected chi connectivity index (χ4v) is 4.74. The minimum atomic E-state index is -0.242. The Bertz CT molecular complexity index is 805. The van der Waals surface area contributed by atoms with E-state index in [0.717, 1.165) is 40.8 Å². The zero-order chi connectivity index (χ0) is 18.7. The molecule has 0 saturated heterocycles. The number of rotatable bonds is 7. The van der Waals surface area contributed by atoms with E-state index in [1.165, 1.54) is 17.3 Å². The molecular formula is C18H25N3O3S2. The summed E-state index contributed by atoms with van der Waals surface area (Å²) in [4.78, 5) is 22.8. The van der Waals surface area contributed by atoms with Crippen molar-refractivity contribution < 1.29 is 14.3 Å². The van der Waals surface area contributed by atoms with E-state index in [1.54, 1.807) is 11.3 Å². The minimum Gasteiger partial charge on any atom is -0.465 e. The molecule has 26 heavy (non-hydrogen) atoms. The van der Waals surface area contributed by atoms with Gasteiger partial charge in [-0.05, 0) is 25.8 Å². The Morgan fingerprint density at radius 3 is 2.96 bits per heavy atom. The Labute approximate surface area is 161 Å². The Morgan fingerprint density at radius 1 is 1.38 bits per heavy atom. The summed E-state index contributed by atoms with van der Waals surface area (Å²) in [6.07, 6.45) is 3.88. The molecule has 6 nitrogen and oxygen atoms in total. The average molecular weight is 396 g/mol. The Morgan fingerprint density at radius 2 is 2.19 bits per heavy atom. The van der Waals surface area contributed by atoms with Crippen molar-refractivity contribution in [1.29, 1.82) is 0 Å². The summed E-state index contributed by atoms with van der Waals surface area (Å²) in [6.45, 7) is 7.32. The molecule has 0 atom stereocenters. The number of thioether (sulfide) groups is 1. The number of carbonyl (C=O) groups is 1. The highest BCUT2D eigenvalue weighted by Crippen LogP contribution is 2.40. The lowest BCUT2D eigenvalue weighted by Crippen LogP contribution is -2.31. The van der Waals surface area contributed by atoms with Crippen molar-refractivity contribution in [2.45, 2.75) is 63.8 Å². The summed E-state index contributed by atoms with van der Waals surface area (Å²) in [5.41, 5.74) is 7.21. The predicted molar refractivity (Wildman–Crippen MR) is 106 cm³/mol. The molecule has 1 aliphatic heterocycles. The van der Waals surface area contributed by atoms with Crippen LogP contribution in [-0.4, -0.2) is 33.9 Å².